The van der Waals surface area contributed by atoms with E-state index in [9.17, 15) is 4.79 Å². The van der Waals surface area contributed by atoms with Gasteiger partial charge in [0.25, 0.3) is 0 Å². The summed E-state index contributed by atoms with van der Waals surface area (Å²) in [5.74, 6) is 0. The number of allylic oxidation sites excluding steroid dienone is 4. The zero-order valence-corrected chi connectivity index (χ0v) is 7.68. The van der Waals surface area contributed by atoms with Crippen LogP contribution in [-0.4, -0.2) is 6.29 Å². The molecule has 0 amide bonds. The molecule has 12 heavy (non-hydrogen) atoms. The molecule has 1 heteroatoms. The lowest BCUT2D eigenvalue weighted by Gasteiger charge is -2.12. The monoisotopic (exact) mass is 164 g/mol. The van der Waals surface area contributed by atoms with Crippen molar-refractivity contribution < 1.29 is 4.79 Å². The third-order valence-electron chi connectivity index (χ3n) is 2.26. The highest BCUT2D eigenvalue weighted by Crippen LogP contribution is 2.22. The first-order valence-corrected chi connectivity index (χ1v) is 4.64. The van der Waals surface area contributed by atoms with Crippen molar-refractivity contribution in [1.82, 2.24) is 0 Å². The third kappa shape index (κ3) is 3.04. The Labute approximate surface area is 74.2 Å². The highest BCUT2D eigenvalue weighted by Gasteiger charge is 2.03. The summed E-state index contributed by atoms with van der Waals surface area (Å²) in [6.07, 6.45) is 11.4. The number of rotatable bonds is 2. The van der Waals surface area contributed by atoms with Crippen LogP contribution in [0.3, 0.4) is 0 Å². The predicted octanol–water partition coefficient (Wildman–Crippen LogP) is 3.02. The van der Waals surface area contributed by atoms with Crippen molar-refractivity contribution in [2.24, 2.45) is 0 Å². The van der Waals surface area contributed by atoms with Gasteiger partial charge in [0.05, 0.1) is 0 Å². The summed E-state index contributed by atoms with van der Waals surface area (Å²) in [6.45, 7) is 1.84. The highest BCUT2D eigenvalue weighted by molar-refractivity contribution is 5.72. The Hall–Kier alpha value is -0.850. The zero-order valence-electron chi connectivity index (χ0n) is 7.68. The van der Waals surface area contributed by atoms with Gasteiger partial charge < -0.3 is 0 Å². The molecule has 1 saturated carbocycles. The predicted molar refractivity (Wildman–Crippen MR) is 51.0 cm³/mol. The maximum atomic E-state index is 10.3. The lowest BCUT2D eigenvalue weighted by molar-refractivity contribution is -0.104. The molecule has 1 aliphatic rings. The minimum Gasteiger partial charge on any atom is -0.298 e. The SMILES string of the molecule is C/C(C=O)=C/C=C1CCCCC1. The Balaban J connectivity index is 2.49. The quantitative estimate of drug-likeness (QED) is 0.453. The summed E-state index contributed by atoms with van der Waals surface area (Å²) >= 11 is 0. The van der Waals surface area contributed by atoms with E-state index in [1.54, 1.807) is 0 Å². The summed E-state index contributed by atoms with van der Waals surface area (Å²) < 4.78 is 0. The van der Waals surface area contributed by atoms with Gasteiger partial charge in [0.1, 0.15) is 6.29 Å². The largest absolute Gasteiger partial charge is 0.298 e. The summed E-state index contributed by atoms with van der Waals surface area (Å²) in [7, 11) is 0. The van der Waals surface area contributed by atoms with Crippen molar-refractivity contribution in [1.29, 1.82) is 0 Å². The number of hydrogen-bond donors (Lipinski definition) is 0. The van der Waals surface area contributed by atoms with Gasteiger partial charge in [-0.3, -0.25) is 4.79 Å². The molecule has 0 aromatic carbocycles. The molecule has 0 aromatic heterocycles. The van der Waals surface area contributed by atoms with E-state index in [2.05, 4.69) is 6.08 Å². The maximum absolute atomic E-state index is 10.3. The summed E-state index contributed by atoms with van der Waals surface area (Å²) in [6, 6.07) is 0. The fraction of sp³-hybridized carbons (Fsp3) is 0.545. The number of carbonyl (C=O) groups excluding carboxylic acids is 1. The standard InChI is InChI=1S/C11H16O/c1-10(9-12)7-8-11-5-3-2-4-6-11/h7-9H,2-6H2,1H3/b10-7-. The number of hydrogen-bond acceptors (Lipinski definition) is 1. The zero-order chi connectivity index (χ0) is 8.81. The maximum Gasteiger partial charge on any atom is 0.145 e. The minimum atomic E-state index is 0.813. The van der Waals surface area contributed by atoms with Crippen molar-refractivity contribution in [3.05, 3.63) is 23.3 Å². The van der Waals surface area contributed by atoms with Crippen LogP contribution in [0, 0.1) is 0 Å². The molecule has 66 valence electrons. The van der Waals surface area contributed by atoms with Crippen molar-refractivity contribution in [2.75, 3.05) is 0 Å². The second-order valence-electron chi connectivity index (χ2n) is 3.41. The van der Waals surface area contributed by atoms with E-state index in [-0.39, 0.29) is 0 Å². The van der Waals surface area contributed by atoms with Gasteiger partial charge in [-0.2, -0.15) is 0 Å². The third-order valence-corrected chi connectivity index (χ3v) is 2.26. The molecule has 0 aliphatic heterocycles. The molecule has 0 aromatic rings. The molecule has 1 fully saturated rings. The Morgan fingerprint density at radius 2 is 1.92 bits per heavy atom. The van der Waals surface area contributed by atoms with Gasteiger partial charge in [-0.25, -0.2) is 0 Å². The second kappa shape index (κ2) is 4.91. The van der Waals surface area contributed by atoms with E-state index < -0.39 is 0 Å². The van der Waals surface area contributed by atoms with Crippen LogP contribution in [0.1, 0.15) is 39.0 Å². The Morgan fingerprint density at radius 3 is 2.50 bits per heavy atom. The molecule has 1 rings (SSSR count). The fourth-order valence-corrected chi connectivity index (χ4v) is 1.46. The van der Waals surface area contributed by atoms with Gasteiger partial charge in [0.2, 0.25) is 0 Å². The van der Waals surface area contributed by atoms with Gasteiger partial charge in [-0.15, -0.1) is 0 Å². The lowest BCUT2D eigenvalue weighted by Crippen LogP contribution is -1.92. The Bertz CT molecular complexity index is 203. The van der Waals surface area contributed by atoms with Crippen LogP contribution in [-0.2, 0) is 4.79 Å². The molecule has 0 spiro atoms. The Kier molecular flexibility index (Phi) is 3.78. The van der Waals surface area contributed by atoms with Crippen LogP contribution in [0.25, 0.3) is 0 Å². The van der Waals surface area contributed by atoms with Gasteiger partial charge in [-0.1, -0.05) is 24.1 Å². The van der Waals surface area contributed by atoms with E-state index in [4.69, 9.17) is 0 Å². The van der Waals surface area contributed by atoms with Gasteiger partial charge in [-0.05, 0) is 38.2 Å². The van der Waals surface area contributed by atoms with E-state index in [0.29, 0.717) is 0 Å². The first-order valence-electron chi connectivity index (χ1n) is 4.64. The molecular weight excluding hydrogens is 148 g/mol. The van der Waals surface area contributed by atoms with Crippen LogP contribution >= 0.6 is 0 Å². The summed E-state index contributed by atoms with van der Waals surface area (Å²) in [5.41, 5.74) is 2.32. The number of aldehydes is 1. The van der Waals surface area contributed by atoms with Gasteiger partial charge in [0.15, 0.2) is 0 Å². The molecule has 0 unspecified atom stereocenters. The molecule has 0 heterocycles. The first-order chi connectivity index (χ1) is 5.83. The highest BCUT2D eigenvalue weighted by atomic mass is 16.1. The average molecular weight is 164 g/mol. The smallest absolute Gasteiger partial charge is 0.145 e. The molecule has 0 atom stereocenters. The molecular formula is C11H16O. The molecule has 1 aliphatic carbocycles. The van der Waals surface area contributed by atoms with E-state index in [1.807, 2.05) is 13.0 Å². The van der Waals surface area contributed by atoms with E-state index in [1.165, 1.54) is 37.7 Å². The lowest BCUT2D eigenvalue weighted by atomic mass is 9.94. The van der Waals surface area contributed by atoms with Crippen LogP contribution in [0.4, 0.5) is 0 Å². The van der Waals surface area contributed by atoms with Crippen molar-refractivity contribution in [3.63, 3.8) is 0 Å². The van der Waals surface area contributed by atoms with Gasteiger partial charge in [0, 0.05) is 0 Å². The molecule has 0 saturated heterocycles. The molecule has 0 N–H and O–H groups in total. The van der Waals surface area contributed by atoms with E-state index in [0.717, 1.165) is 11.9 Å². The van der Waals surface area contributed by atoms with Crippen LogP contribution in [0.2, 0.25) is 0 Å². The van der Waals surface area contributed by atoms with E-state index >= 15 is 0 Å². The fourth-order valence-electron chi connectivity index (χ4n) is 1.46. The van der Waals surface area contributed by atoms with Crippen LogP contribution < -0.4 is 0 Å². The second-order valence-corrected chi connectivity index (χ2v) is 3.41. The average Bonchev–Trinajstić information content (AvgIpc) is 2.16. The molecule has 0 bridgehead atoms. The molecule has 0 radical (unpaired) electrons. The van der Waals surface area contributed by atoms with Crippen molar-refractivity contribution >= 4 is 6.29 Å². The van der Waals surface area contributed by atoms with Crippen LogP contribution in [0.15, 0.2) is 23.3 Å². The Morgan fingerprint density at radius 1 is 1.25 bits per heavy atom. The van der Waals surface area contributed by atoms with Gasteiger partial charge >= 0.3 is 0 Å². The molecule has 1 nitrogen and oxygen atoms in total. The number of carbonyl (C=O) groups is 1. The van der Waals surface area contributed by atoms with Crippen molar-refractivity contribution in [3.8, 4) is 0 Å². The summed E-state index contributed by atoms with van der Waals surface area (Å²) in [4.78, 5) is 10.3. The normalized spacial score (nSPS) is 19.1. The topological polar surface area (TPSA) is 17.1 Å². The van der Waals surface area contributed by atoms with Crippen molar-refractivity contribution in [2.45, 2.75) is 39.0 Å². The summed E-state index contributed by atoms with van der Waals surface area (Å²) in [5, 5.41) is 0. The minimum absolute atomic E-state index is 0.813. The van der Waals surface area contributed by atoms with Crippen LogP contribution in [0.5, 0.6) is 0 Å². The first kappa shape index (κ1) is 9.24.